The van der Waals surface area contributed by atoms with Crippen LogP contribution in [0.5, 0.6) is 0 Å². The van der Waals surface area contributed by atoms with Gasteiger partial charge in [-0.1, -0.05) is 148 Å². The highest BCUT2D eigenvalue weighted by molar-refractivity contribution is 6.84. The predicted molar refractivity (Wildman–Crippen MR) is 225 cm³/mol. The minimum atomic E-state index is -1.76. The Morgan fingerprint density at radius 2 is 0.788 bits per heavy atom. The maximum absolute atomic E-state index is 5.45. The molecule has 9 rings (SSSR count). The van der Waals surface area contributed by atoms with Crippen LogP contribution in [0.3, 0.4) is 0 Å². The fraction of sp³-hybridized carbons (Fsp3) is 0.130. The molecule has 2 aliphatic rings. The van der Waals surface area contributed by atoms with Gasteiger partial charge in [-0.2, -0.15) is 0 Å². The molecule has 0 atom stereocenters. The highest BCUT2D eigenvalue weighted by Gasteiger charge is 2.24. The zero-order valence-corrected chi connectivity index (χ0v) is 32.3. The van der Waals surface area contributed by atoms with E-state index >= 15 is 0 Å². The third kappa shape index (κ3) is 5.49. The van der Waals surface area contributed by atoms with Crippen LogP contribution in [-0.2, 0) is 0 Å². The topological polar surface area (TPSA) is 57.4 Å². The maximum atomic E-state index is 5.45. The van der Waals surface area contributed by atoms with E-state index in [2.05, 4.69) is 181 Å². The smallest absolute Gasteiger partial charge is 0.129 e. The van der Waals surface area contributed by atoms with Crippen molar-refractivity contribution >= 4 is 59.8 Å². The molecule has 250 valence electrons. The molecular weight excluding hydrogens is 665 g/mol. The van der Waals surface area contributed by atoms with Gasteiger partial charge >= 0.3 is 0 Å². The highest BCUT2D eigenvalue weighted by Crippen LogP contribution is 2.42. The lowest BCUT2D eigenvalue weighted by Crippen LogP contribution is -2.16. The molecular formula is C46H38N4Si2. The molecule has 2 aliphatic heterocycles. The second kappa shape index (κ2) is 11.8. The van der Waals surface area contributed by atoms with Gasteiger partial charge in [0.05, 0.1) is 44.9 Å². The molecule has 3 aromatic heterocycles. The molecule has 0 saturated carbocycles. The van der Waals surface area contributed by atoms with Crippen molar-refractivity contribution in [1.82, 2.24) is 19.9 Å². The molecule has 5 heterocycles. The Hall–Kier alpha value is -5.93. The fourth-order valence-electron chi connectivity index (χ4n) is 7.20. The molecule has 0 amide bonds. The monoisotopic (exact) mass is 702 g/mol. The van der Waals surface area contributed by atoms with Crippen LogP contribution < -0.4 is 0 Å². The third-order valence-corrected chi connectivity index (χ3v) is 11.3. The molecule has 2 N–H and O–H groups in total. The van der Waals surface area contributed by atoms with Gasteiger partial charge in [-0.25, -0.2) is 9.97 Å². The molecule has 0 unspecified atom stereocenters. The van der Waals surface area contributed by atoms with Crippen LogP contribution >= 0.6 is 0 Å². The van der Waals surface area contributed by atoms with E-state index in [0.717, 1.165) is 99.8 Å². The lowest BCUT2D eigenvalue weighted by Gasteiger charge is -2.05. The van der Waals surface area contributed by atoms with Crippen molar-refractivity contribution in [3.8, 4) is 68.0 Å². The van der Waals surface area contributed by atoms with Crippen molar-refractivity contribution in [2.24, 2.45) is 0 Å². The number of H-pyrrole nitrogens is 2. The van der Waals surface area contributed by atoms with Crippen LogP contribution in [0.2, 0.25) is 39.3 Å². The Morgan fingerprint density at radius 3 is 1.17 bits per heavy atom. The van der Waals surface area contributed by atoms with Crippen molar-refractivity contribution in [1.29, 1.82) is 0 Å². The van der Waals surface area contributed by atoms with E-state index in [9.17, 15) is 0 Å². The summed E-state index contributed by atoms with van der Waals surface area (Å²) in [6, 6.07) is 38.6. The first-order valence-electron chi connectivity index (χ1n) is 17.9. The number of rotatable bonds is 0. The average Bonchev–Trinajstić information content (AvgIpc) is 3.87. The largest absolute Gasteiger partial charge is 0.353 e. The van der Waals surface area contributed by atoms with Gasteiger partial charge in [0.15, 0.2) is 0 Å². The molecule has 7 aromatic rings. The van der Waals surface area contributed by atoms with Gasteiger partial charge in [-0.15, -0.1) is 11.1 Å². The summed E-state index contributed by atoms with van der Waals surface area (Å²) in [7, 11) is -3.53. The van der Waals surface area contributed by atoms with Gasteiger partial charge in [-0.3, -0.25) is 0 Å². The predicted octanol–water partition coefficient (Wildman–Crippen LogP) is 11.7. The Balaban J connectivity index is 1.57. The van der Waals surface area contributed by atoms with Gasteiger partial charge in [0.25, 0.3) is 0 Å². The van der Waals surface area contributed by atoms with Crippen molar-refractivity contribution < 1.29 is 0 Å². The fourth-order valence-corrected chi connectivity index (χ4v) is 8.20. The van der Waals surface area contributed by atoms with Gasteiger partial charge in [-0.05, 0) is 12.1 Å². The number of hydrogen-bond donors (Lipinski definition) is 2. The number of aromatic nitrogens is 4. The quantitative estimate of drug-likeness (QED) is 0.122. The minimum Gasteiger partial charge on any atom is -0.353 e. The summed E-state index contributed by atoms with van der Waals surface area (Å²) in [6.07, 6.45) is 0. The summed E-state index contributed by atoms with van der Waals surface area (Å²) in [5, 5.41) is 4.46. The highest BCUT2D eigenvalue weighted by atomic mass is 28.3. The van der Waals surface area contributed by atoms with Crippen LogP contribution in [0.4, 0.5) is 0 Å². The first-order chi connectivity index (χ1) is 25.0. The number of benzene rings is 4. The van der Waals surface area contributed by atoms with Gasteiger partial charge < -0.3 is 9.97 Å². The Morgan fingerprint density at radius 1 is 0.442 bits per heavy atom. The number of aromatic amines is 2. The molecule has 0 fully saturated rings. The number of nitrogens with zero attached hydrogens (tertiary/aromatic N) is 2. The summed E-state index contributed by atoms with van der Waals surface area (Å²) in [5.41, 5.74) is 21.1. The van der Waals surface area contributed by atoms with Crippen molar-refractivity contribution in [2.75, 3.05) is 0 Å². The first kappa shape index (κ1) is 32.0. The lowest BCUT2D eigenvalue weighted by molar-refractivity contribution is 1.39. The van der Waals surface area contributed by atoms with Crippen molar-refractivity contribution in [3.63, 3.8) is 0 Å². The molecule has 0 aliphatic carbocycles. The Bertz CT molecular complexity index is 2740. The van der Waals surface area contributed by atoms with E-state index in [4.69, 9.17) is 9.97 Å². The van der Waals surface area contributed by atoms with Crippen LogP contribution in [0, 0.1) is 22.9 Å². The van der Waals surface area contributed by atoms with Crippen LogP contribution in [0.1, 0.15) is 11.1 Å². The molecule has 6 heteroatoms. The Kier molecular flexibility index (Phi) is 7.28. The van der Waals surface area contributed by atoms with Gasteiger partial charge in [0.2, 0.25) is 0 Å². The van der Waals surface area contributed by atoms with Gasteiger partial charge in [0, 0.05) is 54.8 Å². The maximum Gasteiger partial charge on any atom is 0.129 e. The van der Waals surface area contributed by atoms with Crippen LogP contribution in [0.25, 0.3) is 88.6 Å². The second-order valence-corrected chi connectivity index (χ2v) is 25.2. The summed E-state index contributed by atoms with van der Waals surface area (Å²) in [5.74, 6) is 7.40. The molecule has 8 bridgehead atoms. The molecule has 0 saturated heterocycles. The number of hydrogen-bond acceptors (Lipinski definition) is 2. The first-order valence-corrected chi connectivity index (χ1v) is 24.9. The van der Waals surface area contributed by atoms with E-state index < -0.39 is 16.1 Å². The average molecular weight is 703 g/mol. The van der Waals surface area contributed by atoms with Crippen molar-refractivity contribution in [2.45, 2.75) is 39.3 Å². The molecule has 0 spiro atoms. The SMILES string of the molecule is C[Si](C)(C)C#Cc1c2nc(cc3[nH]c(c(C#C[Si](C)(C)C)c4nc(cc5[nH]c1c1ccccc51)-c1ccccc1-4)c1ccccc31)-c1ccccc1-2. The normalized spacial score (nSPS) is 12.1. The number of fused-ring (bicyclic) bond motifs is 20. The lowest BCUT2D eigenvalue weighted by atomic mass is 10.0. The molecule has 4 aromatic carbocycles. The number of nitrogens with one attached hydrogen (secondary N) is 2. The minimum absolute atomic E-state index is 0.891. The summed E-state index contributed by atoms with van der Waals surface area (Å²) in [6.45, 7) is 13.7. The Labute approximate surface area is 306 Å². The van der Waals surface area contributed by atoms with Crippen LogP contribution in [0.15, 0.2) is 109 Å². The zero-order valence-electron chi connectivity index (χ0n) is 30.3. The molecule has 4 nitrogen and oxygen atoms in total. The van der Waals surface area contributed by atoms with E-state index in [1.54, 1.807) is 0 Å². The van der Waals surface area contributed by atoms with E-state index in [-0.39, 0.29) is 0 Å². The van der Waals surface area contributed by atoms with E-state index in [0.29, 0.717) is 0 Å². The molecule has 0 radical (unpaired) electrons. The van der Waals surface area contributed by atoms with Crippen molar-refractivity contribution in [3.05, 3.63) is 120 Å². The van der Waals surface area contributed by atoms with Crippen LogP contribution in [-0.4, -0.2) is 36.1 Å². The summed E-state index contributed by atoms with van der Waals surface area (Å²) in [4.78, 5) is 18.6. The standard InChI is InChI=1S/C46H38N4Si2/c1-51(2,3)25-23-37-43-33-19-11-7-15-29(33)39(47-43)27-41-31-17-9-13-21-35(31)45(49-41)38(24-26-52(4,5)6)46-36-22-14-10-18-32(36)42(50-46)28-40-30-16-8-12-20-34(30)44(37)48-40/h7-22,27-28,47,50H,1-6H3. The molecule has 52 heavy (non-hydrogen) atoms. The van der Waals surface area contributed by atoms with E-state index in [1.807, 2.05) is 0 Å². The summed E-state index contributed by atoms with van der Waals surface area (Å²) < 4.78 is 0. The van der Waals surface area contributed by atoms with Gasteiger partial charge in [0.1, 0.15) is 16.1 Å². The third-order valence-electron chi connectivity index (χ3n) is 9.53. The second-order valence-electron chi connectivity index (χ2n) is 15.7. The van der Waals surface area contributed by atoms with E-state index in [1.165, 1.54) is 0 Å². The zero-order chi connectivity index (χ0) is 35.8. The summed E-state index contributed by atoms with van der Waals surface area (Å²) >= 11 is 0.